The number of aliphatic hydroxyl groups is 1. The van der Waals surface area contributed by atoms with Gasteiger partial charge in [-0.05, 0) is 38.8 Å². The van der Waals surface area contributed by atoms with Crippen molar-refractivity contribution < 1.29 is 9.84 Å². The van der Waals surface area contributed by atoms with Gasteiger partial charge in [-0.25, -0.2) is 0 Å². The second-order valence-electron chi connectivity index (χ2n) is 6.28. The van der Waals surface area contributed by atoms with Crippen LogP contribution in [0.2, 0.25) is 0 Å². The van der Waals surface area contributed by atoms with Crippen molar-refractivity contribution in [3.05, 3.63) is 35.9 Å². The van der Waals surface area contributed by atoms with Crippen LogP contribution in [0.1, 0.15) is 32.3 Å². The second-order valence-corrected chi connectivity index (χ2v) is 6.28. The minimum Gasteiger partial charge on any atom is -0.389 e. The van der Waals surface area contributed by atoms with Gasteiger partial charge in [0.25, 0.3) is 0 Å². The quantitative estimate of drug-likeness (QED) is 0.875. The summed E-state index contributed by atoms with van der Waals surface area (Å²) in [6.45, 7) is 5.18. The highest BCUT2D eigenvalue weighted by molar-refractivity contribution is 5.16. The van der Waals surface area contributed by atoms with Crippen LogP contribution in [0, 0.1) is 5.92 Å². The lowest BCUT2D eigenvalue weighted by Crippen LogP contribution is -2.54. The lowest BCUT2D eigenvalue weighted by molar-refractivity contribution is -0.181. The highest BCUT2D eigenvalue weighted by Gasteiger charge is 2.45. The molecule has 3 N–H and O–H groups in total. The zero-order valence-corrected chi connectivity index (χ0v) is 11.9. The van der Waals surface area contributed by atoms with E-state index in [4.69, 9.17) is 10.5 Å². The number of hydrogen-bond donors (Lipinski definition) is 2. The van der Waals surface area contributed by atoms with E-state index >= 15 is 0 Å². The average Bonchev–Trinajstić information content (AvgIpc) is 2.34. The van der Waals surface area contributed by atoms with E-state index in [9.17, 15) is 5.11 Å². The number of ether oxygens (including phenoxy) is 1. The molecule has 106 valence electrons. The van der Waals surface area contributed by atoms with Gasteiger partial charge in [-0.3, -0.25) is 0 Å². The summed E-state index contributed by atoms with van der Waals surface area (Å²) < 4.78 is 5.89. The van der Waals surface area contributed by atoms with Gasteiger partial charge in [0.15, 0.2) is 0 Å². The molecule has 2 rings (SSSR count). The maximum absolute atomic E-state index is 11.0. The molecule has 1 aliphatic heterocycles. The van der Waals surface area contributed by atoms with Gasteiger partial charge < -0.3 is 15.6 Å². The minimum atomic E-state index is -0.716. The SMILES string of the molecule is CC1(C)C[C@](O)(CCN)[C@H](Cc2ccccc2)CO1. The Bertz CT molecular complexity index is 404. The molecule has 0 aromatic heterocycles. The van der Waals surface area contributed by atoms with Crippen LogP contribution in [0.4, 0.5) is 0 Å². The first-order valence-electron chi connectivity index (χ1n) is 7.05. The summed E-state index contributed by atoms with van der Waals surface area (Å²) in [4.78, 5) is 0. The van der Waals surface area contributed by atoms with Crippen LogP contribution in [0.5, 0.6) is 0 Å². The largest absolute Gasteiger partial charge is 0.389 e. The van der Waals surface area contributed by atoms with E-state index in [2.05, 4.69) is 12.1 Å². The summed E-state index contributed by atoms with van der Waals surface area (Å²) in [6, 6.07) is 10.3. The molecule has 1 aromatic rings. The maximum atomic E-state index is 11.0. The van der Waals surface area contributed by atoms with Crippen LogP contribution in [0.15, 0.2) is 30.3 Å². The lowest BCUT2D eigenvalue weighted by Gasteiger charge is -2.47. The summed E-state index contributed by atoms with van der Waals surface area (Å²) in [5.74, 6) is 0.117. The fraction of sp³-hybridized carbons (Fsp3) is 0.625. The maximum Gasteiger partial charge on any atom is 0.0740 e. The number of benzene rings is 1. The van der Waals surface area contributed by atoms with Crippen LogP contribution < -0.4 is 5.73 Å². The molecule has 2 atom stereocenters. The van der Waals surface area contributed by atoms with Gasteiger partial charge >= 0.3 is 0 Å². The van der Waals surface area contributed by atoms with Crippen molar-refractivity contribution >= 4 is 0 Å². The monoisotopic (exact) mass is 263 g/mol. The molecule has 0 saturated carbocycles. The molecule has 0 unspecified atom stereocenters. The Balaban J connectivity index is 2.14. The Labute approximate surface area is 115 Å². The Kier molecular flexibility index (Phi) is 4.29. The van der Waals surface area contributed by atoms with Crippen molar-refractivity contribution in [2.45, 2.75) is 44.3 Å². The predicted molar refractivity (Wildman–Crippen MR) is 76.9 cm³/mol. The number of hydrogen-bond acceptors (Lipinski definition) is 3. The fourth-order valence-corrected chi connectivity index (χ4v) is 3.10. The van der Waals surface area contributed by atoms with Crippen LogP contribution >= 0.6 is 0 Å². The second kappa shape index (κ2) is 5.61. The number of rotatable bonds is 4. The first-order chi connectivity index (χ1) is 8.95. The summed E-state index contributed by atoms with van der Waals surface area (Å²) in [5.41, 5.74) is 5.95. The molecule has 0 amide bonds. The van der Waals surface area contributed by atoms with Gasteiger partial charge in [0.2, 0.25) is 0 Å². The molecule has 3 nitrogen and oxygen atoms in total. The summed E-state index contributed by atoms with van der Waals surface area (Å²) in [5, 5.41) is 11.0. The molecule has 0 spiro atoms. The van der Waals surface area contributed by atoms with Crippen LogP contribution in [-0.4, -0.2) is 29.5 Å². The molecular weight excluding hydrogens is 238 g/mol. The average molecular weight is 263 g/mol. The molecule has 3 heteroatoms. The zero-order valence-electron chi connectivity index (χ0n) is 11.9. The van der Waals surface area contributed by atoms with Gasteiger partial charge in [0, 0.05) is 12.3 Å². The molecule has 1 aromatic carbocycles. The summed E-state index contributed by atoms with van der Waals surface area (Å²) in [7, 11) is 0. The van der Waals surface area contributed by atoms with Crippen molar-refractivity contribution in [1.82, 2.24) is 0 Å². The fourth-order valence-electron chi connectivity index (χ4n) is 3.10. The molecule has 1 fully saturated rings. The standard InChI is InChI=1S/C16H25NO2/c1-15(2)12-16(18,8-9-17)14(11-19-15)10-13-6-4-3-5-7-13/h3-7,14,18H,8-12,17H2,1-2H3/t14-,16-/m1/s1. The smallest absolute Gasteiger partial charge is 0.0740 e. The third-order valence-electron chi connectivity index (χ3n) is 4.07. The summed E-state index contributed by atoms with van der Waals surface area (Å²) in [6.07, 6.45) is 2.12. The van der Waals surface area contributed by atoms with Gasteiger partial charge in [-0.1, -0.05) is 30.3 Å². The Morgan fingerprint density at radius 3 is 2.63 bits per heavy atom. The Morgan fingerprint density at radius 2 is 2.00 bits per heavy atom. The minimum absolute atomic E-state index is 0.117. The van der Waals surface area contributed by atoms with Crippen molar-refractivity contribution in [2.24, 2.45) is 11.7 Å². The van der Waals surface area contributed by atoms with E-state index in [-0.39, 0.29) is 11.5 Å². The first kappa shape index (κ1) is 14.5. The molecule has 1 heterocycles. The molecule has 0 aliphatic carbocycles. The highest BCUT2D eigenvalue weighted by Crippen LogP contribution is 2.39. The molecule has 19 heavy (non-hydrogen) atoms. The first-order valence-corrected chi connectivity index (χ1v) is 7.05. The van der Waals surface area contributed by atoms with Crippen molar-refractivity contribution in [3.63, 3.8) is 0 Å². The van der Waals surface area contributed by atoms with E-state index in [1.807, 2.05) is 32.0 Å². The molecule has 0 bridgehead atoms. The van der Waals surface area contributed by atoms with Crippen LogP contribution in [0.3, 0.4) is 0 Å². The topological polar surface area (TPSA) is 55.5 Å². The van der Waals surface area contributed by atoms with E-state index in [0.717, 1.165) is 6.42 Å². The van der Waals surface area contributed by atoms with Crippen LogP contribution in [-0.2, 0) is 11.2 Å². The molecular formula is C16H25NO2. The predicted octanol–water partition coefficient (Wildman–Crippen LogP) is 2.12. The number of nitrogens with two attached hydrogens (primary N) is 1. The van der Waals surface area contributed by atoms with Gasteiger partial charge in [-0.15, -0.1) is 0 Å². The van der Waals surface area contributed by atoms with Crippen molar-refractivity contribution in [3.8, 4) is 0 Å². The van der Waals surface area contributed by atoms with E-state index in [1.165, 1.54) is 5.56 Å². The summed E-state index contributed by atoms with van der Waals surface area (Å²) >= 11 is 0. The van der Waals surface area contributed by atoms with Gasteiger partial charge in [0.05, 0.1) is 17.8 Å². The van der Waals surface area contributed by atoms with Gasteiger partial charge in [-0.2, -0.15) is 0 Å². The van der Waals surface area contributed by atoms with E-state index in [0.29, 0.717) is 26.0 Å². The van der Waals surface area contributed by atoms with E-state index < -0.39 is 5.60 Å². The van der Waals surface area contributed by atoms with Crippen molar-refractivity contribution in [2.75, 3.05) is 13.2 Å². The Morgan fingerprint density at radius 1 is 1.32 bits per heavy atom. The van der Waals surface area contributed by atoms with Gasteiger partial charge in [0.1, 0.15) is 0 Å². The van der Waals surface area contributed by atoms with Crippen molar-refractivity contribution in [1.29, 1.82) is 0 Å². The highest BCUT2D eigenvalue weighted by atomic mass is 16.5. The zero-order chi connectivity index (χ0) is 13.9. The third kappa shape index (κ3) is 3.56. The molecule has 1 aliphatic rings. The van der Waals surface area contributed by atoms with Crippen LogP contribution in [0.25, 0.3) is 0 Å². The van der Waals surface area contributed by atoms with E-state index in [1.54, 1.807) is 0 Å². The third-order valence-corrected chi connectivity index (χ3v) is 4.07. The Hall–Kier alpha value is -0.900. The normalized spacial score (nSPS) is 30.2. The molecule has 1 saturated heterocycles. The lowest BCUT2D eigenvalue weighted by atomic mass is 9.73. The molecule has 0 radical (unpaired) electrons.